The summed E-state index contributed by atoms with van der Waals surface area (Å²) in [4.78, 5) is 24.1. The van der Waals surface area contributed by atoms with Gasteiger partial charge in [0.1, 0.15) is 5.69 Å². The van der Waals surface area contributed by atoms with E-state index in [4.69, 9.17) is 10.4 Å². The fourth-order valence-electron chi connectivity index (χ4n) is 2.20. The summed E-state index contributed by atoms with van der Waals surface area (Å²) in [7, 11) is 0. The second-order valence-electron chi connectivity index (χ2n) is 5.41. The molecule has 2 aromatic carbocycles. The van der Waals surface area contributed by atoms with Crippen LogP contribution in [0.15, 0.2) is 54.6 Å². The molecule has 1 unspecified atom stereocenters. The Hall–Kier alpha value is -2.84. The van der Waals surface area contributed by atoms with Crippen molar-refractivity contribution in [2.24, 2.45) is 0 Å². The molecule has 1 amide bonds. The van der Waals surface area contributed by atoms with Crippen molar-refractivity contribution in [3.63, 3.8) is 0 Å². The van der Waals surface area contributed by atoms with Gasteiger partial charge in [0.05, 0.1) is 0 Å². The van der Waals surface area contributed by atoms with Gasteiger partial charge in [-0.3, -0.25) is 0 Å². The number of carboxylic acids is 1. The van der Waals surface area contributed by atoms with Gasteiger partial charge in [-0.2, -0.15) is 0 Å². The minimum Gasteiger partial charge on any atom is -0.477 e. The fourth-order valence-corrected chi connectivity index (χ4v) is 3.61. The van der Waals surface area contributed by atoms with Crippen molar-refractivity contribution in [1.82, 2.24) is 4.98 Å². The van der Waals surface area contributed by atoms with E-state index in [-0.39, 0.29) is 16.0 Å². The first-order chi connectivity index (χ1) is 12.7. The van der Waals surface area contributed by atoms with E-state index in [9.17, 15) is 17.4 Å². The van der Waals surface area contributed by atoms with E-state index in [0.29, 0.717) is 5.69 Å². The fraction of sp³-hybridized carbons (Fsp3) is 0.0588. The minimum atomic E-state index is -4.83. The minimum absolute atomic E-state index is 0.0399. The summed E-state index contributed by atoms with van der Waals surface area (Å²) in [5.41, 5.74) is 1.46. The molecule has 0 aliphatic rings. The molecule has 0 radical (unpaired) electrons. The number of hydrogen-bond donors (Lipinski definition) is 5. The third kappa shape index (κ3) is 5.57. The number of carboxylic acid groups (broad SMARTS) is 1. The predicted molar refractivity (Wildman–Crippen MR) is 98.0 cm³/mol. The number of aromatic carboxylic acids is 1. The van der Waals surface area contributed by atoms with Gasteiger partial charge in [-0.1, -0.05) is 18.2 Å². The largest absolute Gasteiger partial charge is 0.477 e. The summed E-state index contributed by atoms with van der Waals surface area (Å²) in [5.74, 6) is -1.22. The number of aromatic nitrogens is 1. The first-order valence-electron chi connectivity index (χ1n) is 7.58. The summed E-state index contributed by atoms with van der Waals surface area (Å²) >= 11 is -4.83. The van der Waals surface area contributed by atoms with Crippen molar-refractivity contribution in [3.8, 4) is 0 Å². The molecule has 27 heavy (non-hydrogen) atoms. The standard InChI is InChI=1S/C9H7NO2.C8H10AsNO5/c11-9(12)8-5-6-3-1-2-4-7(6)10-8;1-6(11)10-8-4-2-3-7(5-8)9(12,13)15-14/h1-5,10H,(H,11,12);2-5,14H,1H3,(H,10,11)(H,12,13). The maximum absolute atomic E-state index is 11.3. The molecule has 1 aromatic heterocycles. The Labute approximate surface area is 156 Å². The van der Waals surface area contributed by atoms with Crippen molar-refractivity contribution < 1.29 is 31.7 Å². The number of hydrogen-bond acceptors (Lipinski definition) is 5. The molecular weight excluding hydrogens is 419 g/mol. The van der Waals surface area contributed by atoms with Crippen LogP contribution in [0.25, 0.3) is 10.9 Å². The van der Waals surface area contributed by atoms with Crippen molar-refractivity contribution in [2.45, 2.75) is 6.92 Å². The van der Waals surface area contributed by atoms with Gasteiger partial charge >= 0.3 is 94.4 Å². The molecule has 0 aliphatic heterocycles. The third-order valence-corrected chi connectivity index (χ3v) is 5.78. The van der Waals surface area contributed by atoms with Crippen molar-refractivity contribution in [1.29, 1.82) is 0 Å². The normalized spacial score (nSPS) is 12.6. The number of fused-ring (bicyclic) bond motifs is 1. The Kier molecular flexibility index (Phi) is 6.59. The molecule has 142 valence electrons. The van der Waals surface area contributed by atoms with Gasteiger partial charge in [-0.15, -0.1) is 0 Å². The second-order valence-corrected chi connectivity index (χ2v) is 9.02. The molecule has 0 fully saturated rings. The van der Waals surface area contributed by atoms with Crippen LogP contribution in [0.1, 0.15) is 17.4 Å². The van der Waals surface area contributed by atoms with Gasteiger partial charge in [-0.05, 0) is 12.1 Å². The topological polar surface area (TPSA) is 149 Å². The number of carbonyl (C=O) groups excluding carboxylic acids is 1. The molecule has 1 atom stereocenters. The number of carbonyl (C=O) groups is 2. The van der Waals surface area contributed by atoms with E-state index in [1.807, 2.05) is 24.3 Å². The smallest absolute Gasteiger partial charge is 0.352 e. The van der Waals surface area contributed by atoms with Crippen LogP contribution in [0.5, 0.6) is 0 Å². The second kappa shape index (κ2) is 8.70. The summed E-state index contributed by atoms with van der Waals surface area (Å²) in [6, 6.07) is 14.7. The SMILES string of the molecule is CC(=O)Nc1cccc([As](=O)(O)OO)c1.O=C(O)c1cc2ccccc2[nH]1. The Morgan fingerprint density at radius 3 is 2.41 bits per heavy atom. The van der Waals surface area contributed by atoms with E-state index in [1.165, 1.54) is 25.1 Å². The Morgan fingerprint density at radius 1 is 1.11 bits per heavy atom. The van der Waals surface area contributed by atoms with Gasteiger partial charge < -0.3 is 10.1 Å². The number of nitrogens with one attached hydrogen (secondary N) is 2. The van der Waals surface area contributed by atoms with Crippen molar-refractivity contribution in [3.05, 3.63) is 60.3 Å². The van der Waals surface area contributed by atoms with Gasteiger partial charge in [0.15, 0.2) is 0 Å². The van der Waals surface area contributed by atoms with E-state index in [2.05, 4.69) is 14.2 Å². The van der Waals surface area contributed by atoms with Crippen LogP contribution in [-0.2, 0) is 12.4 Å². The maximum Gasteiger partial charge on any atom is 0.352 e. The zero-order valence-electron chi connectivity index (χ0n) is 14.1. The molecule has 0 bridgehead atoms. The van der Waals surface area contributed by atoms with Gasteiger partial charge in [0, 0.05) is 10.9 Å². The number of H-pyrrole nitrogens is 1. The van der Waals surface area contributed by atoms with Gasteiger partial charge in [0.25, 0.3) is 0 Å². The maximum atomic E-state index is 11.3. The zero-order valence-corrected chi connectivity index (χ0v) is 16.0. The molecule has 10 heteroatoms. The summed E-state index contributed by atoms with van der Waals surface area (Å²) in [6.45, 7) is 1.32. The third-order valence-electron chi connectivity index (χ3n) is 3.36. The molecule has 3 rings (SSSR count). The number of rotatable bonds is 4. The van der Waals surface area contributed by atoms with E-state index in [0.717, 1.165) is 10.9 Å². The van der Waals surface area contributed by atoms with Crippen LogP contribution < -0.4 is 9.67 Å². The van der Waals surface area contributed by atoms with Crippen LogP contribution in [0.3, 0.4) is 0 Å². The van der Waals surface area contributed by atoms with Crippen LogP contribution in [0.4, 0.5) is 5.69 Å². The number of para-hydroxylation sites is 1. The van der Waals surface area contributed by atoms with Crippen LogP contribution >= 0.6 is 0 Å². The molecule has 5 N–H and O–H groups in total. The molecular formula is C17H17AsN2O7. The van der Waals surface area contributed by atoms with E-state index in [1.54, 1.807) is 12.1 Å². The zero-order chi connectivity index (χ0) is 20.0. The summed E-state index contributed by atoms with van der Waals surface area (Å²) in [5, 5.41) is 20.3. The monoisotopic (exact) mass is 436 g/mol. The molecule has 0 saturated carbocycles. The van der Waals surface area contributed by atoms with E-state index >= 15 is 0 Å². The Morgan fingerprint density at radius 2 is 1.81 bits per heavy atom. The van der Waals surface area contributed by atoms with Crippen LogP contribution in [0.2, 0.25) is 0 Å². The summed E-state index contributed by atoms with van der Waals surface area (Å²) < 4.78 is 23.9. The number of amides is 1. The Balaban J connectivity index is 0.000000198. The average molecular weight is 436 g/mol. The van der Waals surface area contributed by atoms with Crippen LogP contribution in [-0.4, -0.2) is 45.5 Å². The molecule has 3 aromatic rings. The molecule has 9 nitrogen and oxygen atoms in total. The van der Waals surface area contributed by atoms with Crippen molar-refractivity contribution >= 4 is 47.0 Å². The first kappa shape index (κ1) is 20.5. The quantitative estimate of drug-likeness (QED) is 0.237. The molecule has 0 saturated heterocycles. The van der Waals surface area contributed by atoms with E-state index < -0.39 is 20.1 Å². The van der Waals surface area contributed by atoms with Gasteiger partial charge in [0.2, 0.25) is 0 Å². The number of aromatic amines is 1. The summed E-state index contributed by atoms with van der Waals surface area (Å²) in [6.07, 6.45) is 0. The molecule has 0 spiro atoms. The first-order valence-corrected chi connectivity index (χ1v) is 10.9. The van der Waals surface area contributed by atoms with Crippen molar-refractivity contribution in [2.75, 3.05) is 5.32 Å². The predicted octanol–water partition coefficient (Wildman–Crippen LogP) is 1.57. The van der Waals surface area contributed by atoms with Crippen LogP contribution in [0, 0.1) is 0 Å². The molecule has 1 heterocycles. The molecule has 0 aliphatic carbocycles. The number of benzene rings is 2. The average Bonchev–Trinajstić information content (AvgIpc) is 3.06. The number of anilines is 1. The van der Waals surface area contributed by atoms with Gasteiger partial charge in [-0.25, -0.2) is 4.79 Å². The Bertz CT molecular complexity index is 982.